The highest BCUT2D eigenvalue weighted by atomic mass is 35.5. The van der Waals surface area contributed by atoms with Crippen LogP contribution in [0.1, 0.15) is 16.2 Å². The van der Waals surface area contributed by atoms with Gasteiger partial charge in [0, 0.05) is 6.07 Å². The summed E-state index contributed by atoms with van der Waals surface area (Å²) in [6.45, 7) is 2.63. The van der Waals surface area contributed by atoms with Gasteiger partial charge < -0.3 is 14.6 Å². The fourth-order valence-corrected chi connectivity index (χ4v) is 1.60. The topological polar surface area (TPSA) is 64.4 Å². The molecule has 2 atom stereocenters. The van der Waals surface area contributed by atoms with E-state index >= 15 is 0 Å². The van der Waals surface area contributed by atoms with Gasteiger partial charge in [0.15, 0.2) is 5.69 Å². The van der Waals surface area contributed by atoms with Crippen molar-refractivity contribution in [3.63, 3.8) is 0 Å². The molecule has 1 N–H and O–H groups in total. The Bertz CT molecular complexity index is 366. The number of nitrogens with one attached hydrogen (secondary N) is 1. The van der Waals surface area contributed by atoms with Crippen LogP contribution in [0.5, 0.6) is 0 Å². The van der Waals surface area contributed by atoms with Crippen LogP contribution in [-0.4, -0.2) is 35.7 Å². The first-order chi connectivity index (χ1) is 7.16. The number of amides is 1. The molecule has 1 aliphatic heterocycles. The van der Waals surface area contributed by atoms with E-state index in [1.807, 2.05) is 0 Å². The van der Waals surface area contributed by atoms with Crippen molar-refractivity contribution in [2.45, 2.75) is 18.3 Å². The van der Waals surface area contributed by atoms with Crippen LogP contribution in [0.25, 0.3) is 0 Å². The average molecular weight is 231 g/mol. The summed E-state index contributed by atoms with van der Waals surface area (Å²) in [4.78, 5) is 11.6. The van der Waals surface area contributed by atoms with E-state index in [0.717, 1.165) is 0 Å². The Balaban J connectivity index is 1.97. The fourth-order valence-electron chi connectivity index (χ4n) is 1.38. The third kappa shape index (κ3) is 2.30. The van der Waals surface area contributed by atoms with E-state index in [-0.39, 0.29) is 23.0 Å². The number of carbonyl (C=O) groups is 1. The van der Waals surface area contributed by atoms with E-state index in [2.05, 4.69) is 10.5 Å². The predicted octanol–water partition coefficient (Wildman–Crippen LogP) is 0.719. The largest absolute Gasteiger partial charge is 0.378 e. The molecule has 1 aliphatic rings. The molecule has 15 heavy (non-hydrogen) atoms. The summed E-state index contributed by atoms with van der Waals surface area (Å²) in [5.41, 5.74) is 0.267. The van der Waals surface area contributed by atoms with Gasteiger partial charge in [-0.3, -0.25) is 4.79 Å². The van der Waals surface area contributed by atoms with E-state index in [9.17, 15) is 4.79 Å². The molecule has 1 aromatic rings. The molecule has 0 bridgehead atoms. The number of alkyl halides is 1. The average Bonchev–Trinajstić information content (AvgIpc) is 2.77. The standard InChI is InChI=1S/C9H11ClN2O3/c1-5-2-7(12-15-5)9(13)11-8-4-14-3-6(8)10/h2,6,8H,3-4H2,1H3,(H,11,13). The summed E-state index contributed by atoms with van der Waals surface area (Å²) < 4.78 is 9.92. The minimum Gasteiger partial charge on any atom is -0.378 e. The van der Waals surface area contributed by atoms with Crippen molar-refractivity contribution in [2.24, 2.45) is 0 Å². The zero-order chi connectivity index (χ0) is 10.8. The second-order valence-corrected chi connectivity index (χ2v) is 4.02. The molecule has 6 heteroatoms. The number of halogens is 1. The van der Waals surface area contributed by atoms with Crippen LogP contribution in [0.15, 0.2) is 10.6 Å². The monoisotopic (exact) mass is 230 g/mol. The van der Waals surface area contributed by atoms with Crippen LogP contribution < -0.4 is 5.32 Å². The molecule has 0 aromatic carbocycles. The van der Waals surface area contributed by atoms with Gasteiger partial charge in [0.1, 0.15) is 5.76 Å². The lowest BCUT2D eigenvalue weighted by Gasteiger charge is -2.12. The first-order valence-corrected chi connectivity index (χ1v) is 5.06. The quantitative estimate of drug-likeness (QED) is 0.761. The molecule has 1 saturated heterocycles. The normalized spacial score (nSPS) is 25.5. The van der Waals surface area contributed by atoms with E-state index in [1.54, 1.807) is 13.0 Å². The minimum absolute atomic E-state index is 0.156. The first kappa shape index (κ1) is 10.4. The highest BCUT2D eigenvalue weighted by Crippen LogP contribution is 2.12. The van der Waals surface area contributed by atoms with Crippen molar-refractivity contribution in [3.8, 4) is 0 Å². The van der Waals surface area contributed by atoms with E-state index < -0.39 is 0 Å². The lowest BCUT2D eigenvalue weighted by molar-refractivity contribution is 0.0921. The van der Waals surface area contributed by atoms with Crippen molar-refractivity contribution in [3.05, 3.63) is 17.5 Å². The second kappa shape index (κ2) is 4.20. The fraction of sp³-hybridized carbons (Fsp3) is 0.556. The van der Waals surface area contributed by atoms with Gasteiger partial charge in [0.2, 0.25) is 0 Å². The molecule has 0 aliphatic carbocycles. The van der Waals surface area contributed by atoms with Crippen LogP contribution in [0.4, 0.5) is 0 Å². The Morgan fingerprint density at radius 2 is 2.47 bits per heavy atom. The number of ether oxygens (including phenoxy) is 1. The number of carbonyl (C=O) groups excluding carboxylic acids is 1. The number of aromatic nitrogens is 1. The van der Waals surface area contributed by atoms with Gasteiger partial charge in [-0.2, -0.15) is 0 Å². The molecule has 0 saturated carbocycles. The van der Waals surface area contributed by atoms with Crippen molar-refractivity contribution in [1.82, 2.24) is 10.5 Å². The molecule has 82 valence electrons. The van der Waals surface area contributed by atoms with Gasteiger partial charge in [0.05, 0.1) is 24.6 Å². The second-order valence-electron chi connectivity index (χ2n) is 3.46. The molecule has 1 amide bonds. The maximum atomic E-state index is 11.6. The molecular formula is C9H11ClN2O3. The molecule has 2 heterocycles. The third-order valence-electron chi connectivity index (χ3n) is 2.19. The van der Waals surface area contributed by atoms with Crippen LogP contribution >= 0.6 is 11.6 Å². The number of aryl methyl sites for hydroxylation is 1. The number of rotatable bonds is 2. The lowest BCUT2D eigenvalue weighted by Crippen LogP contribution is -2.40. The Kier molecular flexibility index (Phi) is 2.93. The van der Waals surface area contributed by atoms with Gasteiger partial charge >= 0.3 is 0 Å². The summed E-state index contributed by atoms with van der Waals surface area (Å²) in [5, 5.41) is 6.17. The number of hydrogen-bond acceptors (Lipinski definition) is 4. The Hall–Kier alpha value is -1.07. The molecule has 0 spiro atoms. The van der Waals surface area contributed by atoms with E-state index in [1.165, 1.54) is 0 Å². The zero-order valence-electron chi connectivity index (χ0n) is 8.20. The van der Waals surface area contributed by atoms with Gasteiger partial charge in [0.25, 0.3) is 5.91 Å². The van der Waals surface area contributed by atoms with Crippen molar-refractivity contribution >= 4 is 17.5 Å². The SMILES string of the molecule is Cc1cc(C(=O)NC2COCC2Cl)no1. The zero-order valence-corrected chi connectivity index (χ0v) is 8.95. The first-order valence-electron chi connectivity index (χ1n) is 4.63. The van der Waals surface area contributed by atoms with Crippen molar-refractivity contribution in [2.75, 3.05) is 13.2 Å². The molecule has 5 nitrogen and oxygen atoms in total. The summed E-state index contributed by atoms with van der Waals surface area (Å²) >= 11 is 5.93. The van der Waals surface area contributed by atoms with Gasteiger partial charge in [-0.1, -0.05) is 5.16 Å². The number of nitrogens with zero attached hydrogens (tertiary/aromatic N) is 1. The minimum atomic E-state index is -0.284. The van der Waals surface area contributed by atoms with E-state index in [0.29, 0.717) is 19.0 Å². The van der Waals surface area contributed by atoms with Crippen molar-refractivity contribution < 1.29 is 14.1 Å². The summed E-state index contributed by atoms with van der Waals surface area (Å²) in [6.07, 6.45) is 0. The maximum absolute atomic E-state index is 11.6. The Morgan fingerprint density at radius 3 is 3.00 bits per heavy atom. The lowest BCUT2D eigenvalue weighted by atomic mass is 10.2. The van der Waals surface area contributed by atoms with Gasteiger partial charge in [-0.25, -0.2) is 0 Å². The van der Waals surface area contributed by atoms with Gasteiger partial charge in [-0.15, -0.1) is 11.6 Å². The molecule has 1 fully saturated rings. The highest BCUT2D eigenvalue weighted by Gasteiger charge is 2.28. The Labute approximate surface area is 91.7 Å². The predicted molar refractivity (Wildman–Crippen MR) is 53.0 cm³/mol. The van der Waals surface area contributed by atoms with E-state index in [4.69, 9.17) is 20.9 Å². The summed E-state index contributed by atoms with van der Waals surface area (Å²) in [6, 6.07) is 1.42. The van der Waals surface area contributed by atoms with Crippen LogP contribution in [0.2, 0.25) is 0 Å². The molecule has 0 radical (unpaired) electrons. The smallest absolute Gasteiger partial charge is 0.273 e. The maximum Gasteiger partial charge on any atom is 0.273 e. The number of hydrogen-bond donors (Lipinski definition) is 1. The molecular weight excluding hydrogens is 220 g/mol. The van der Waals surface area contributed by atoms with Crippen LogP contribution in [0, 0.1) is 6.92 Å². The Morgan fingerprint density at radius 1 is 1.67 bits per heavy atom. The van der Waals surface area contributed by atoms with Crippen molar-refractivity contribution in [1.29, 1.82) is 0 Å². The molecule has 2 rings (SSSR count). The summed E-state index contributed by atoms with van der Waals surface area (Å²) in [5.74, 6) is 0.318. The molecule has 2 unspecified atom stereocenters. The van der Waals surface area contributed by atoms with Crippen LogP contribution in [-0.2, 0) is 4.74 Å². The van der Waals surface area contributed by atoms with Gasteiger partial charge in [-0.05, 0) is 6.92 Å². The summed E-state index contributed by atoms with van der Waals surface area (Å²) in [7, 11) is 0. The van der Waals surface area contributed by atoms with Crippen LogP contribution in [0.3, 0.4) is 0 Å². The highest BCUT2D eigenvalue weighted by molar-refractivity contribution is 6.21. The molecule has 1 aromatic heterocycles. The third-order valence-corrected chi connectivity index (χ3v) is 2.62.